The van der Waals surface area contributed by atoms with Gasteiger partial charge in [-0.05, 0) is 0 Å². The van der Waals surface area contributed by atoms with E-state index in [0.29, 0.717) is 0 Å². The molecule has 0 unspecified atom stereocenters. The van der Waals surface area contributed by atoms with E-state index >= 15 is 0 Å². The summed E-state index contributed by atoms with van der Waals surface area (Å²) in [6.07, 6.45) is 0. The number of hydrogen-bond acceptors (Lipinski definition) is 3. The summed E-state index contributed by atoms with van der Waals surface area (Å²) in [5.74, 6) is 0.650. The van der Waals surface area contributed by atoms with Crippen molar-refractivity contribution in [3.05, 3.63) is 12.0 Å². The van der Waals surface area contributed by atoms with Crippen molar-refractivity contribution < 1.29 is 15.3 Å². The van der Waals surface area contributed by atoms with Gasteiger partial charge in [-0.2, -0.15) is 0 Å². The van der Waals surface area contributed by atoms with Gasteiger partial charge in [-0.3, -0.25) is 0 Å². The van der Waals surface area contributed by atoms with Crippen LogP contribution in [0.5, 0.6) is 17.1 Å². The van der Waals surface area contributed by atoms with E-state index in [1.54, 1.807) is 0 Å². The van der Waals surface area contributed by atoms with Crippen LogP contribution in [0.15, 0.2) is 12.0 Å². The second-order valence-corrected chi connectivity index (χ2v) is 1.64. The Labute approximate surface area is 52.4 Å². The molecule has 1 aromatic rings. The molecule has 0 radical (unpaired) electrons. The Morgan fingerprint density at radius 1 is 1.22 bits per heavy atom. The summed E-state index contributed by atoms with van der Waals surface area (Å²) in [5, 5.41) is 26.1. The molecule has 0 aromatic carbocycles. The maximum absolute atomic E-state index is 8.71. The monoisotopic (exact) mass is 124 g/mol. The van der Waals surface area contributed by atoms with Crippen LogP contribution in [0.3, 0.4) is 0 Å². The van der Waals surface area contributed by atoms with Gasteiger partial charge in [0, 0.05) is 0 Å². The fraction of sp³-hybridized carbons (Fsp3) is 0. The Morgan fingerprint density at radius 3 is 2.33 bits per heavy atom. The molecule has 0 saturated carbocycles. The van der Waals surface area contributed by atoms with Crippen molar-refractivity contribution in [1.29, 1.82) is 0 Å². The van der Waals surface area contributed by atoms with Crippen molar-refractivity contribution in [2.45, 2.75) is 0 Å². The van der Waals surface area contributed by atoms with Gasteiger partial charge in [0.25, 0.3) is 0 Å². The fourth-order valence-electron chi connectivity index (χ4n) is 0.519. The molecule has 9 heavy (non-hydrogen) atoms. The Kier molecular flexibility index (Phi) is 1.30. The first kappa shape index (κ1) is 5.94. The molecule has 3 nitrogen and oxygen atoms in total. The van der Waals surface area contributed by atoms with E-state index in [1.807, 2.05) is 0 Å². The van der Waals surface area contributed by atoms with Gasteiger partial charge in [0.2, 0.25) is 0 Å². The Hall–Kier alpha value is -1.19. The first-order valence-electron chi connectivity index (χ1n) is 2.41. The standard InChI is InChI=1S/C5H5BO3/c7-3-1-2-6-5(9)4(3)8/h1-2,7-9H. The van der Waals surface area contributed by atoms with Crippen LogP contribution in [-0.4, -0.2) is 22.2 Å². The van der Waals surface area contributed by atoms with Crippen LogP contribution in [0.1, 0.15) is 0 Å². The minimum absolute atomic E-state index is 0.310. The van der Waals surface area contributed by atoms with Crippen LogP contribution < -0.4 is 0 Å². The minimum atomic E-state index is -0.475. The van der Waals surface area contributed by atoms with Gasteiger partial charge < -0.3 is 0 Å². The molecule has 1 rings (SSSR count). The van der Waals surface area contributed by atoms with Gasteiger partial charge in [-0.25, -0.2) is 0 Å². The van der Waals surface area contributed by atoms with Crippen molar-refractivity contribution in [2.24, 2.45) is 0 Å². The quantitative estimate of drug-likeness (QED) is 0.460. The summed E-state index contributed by atoms with van der Waals surface area (Å²) < 4.78 is 0. The molecular weight excluding hydrogens is 119 g/mol. The van der Waals surface area contributed by atoms with Gasteiger partial charge in [-0.1, -0.05) is 0 Å². The van der Waals surface area contributed by atoms with Gasteiger partial charge in [0.05, 0.1) is 0 Å². The van der Waals surface area contributed by atoms with Gasteiger partial charge in [0.15, 0.2) is 0 Å². The summed E-state index contributed by atoms with van der Waals surface area (Å²) in [6.45, 7) is 1.29. The molecule has 0 aliphatic heterocycles. The molecule has 0 spiro atoms. The zero-order chi connectivity index (χ0) is 6.85. The van der Waals surface area contributed by atoms with Gasteiger partial charge >= 0.3 is 51.4 Å². The number of rotatable bonds is 0. The molecule has 0 fully saturated rings. The third-order valence-corrected chi connectivity index (χ3v) is 0.993. The van der Waals surface area contributed by atoms with E-state index in [2.05, 4.69) is 0 Å². The molecule has 0 aliphatic carbocycles. The molecule has 1 heterocycles. The second kappa shape index (κ2) is 1.97. The molecule has 0 amide bonds. The Bertz CT molecular complexity index is 203. The van der Waals surface area contributed by atoms with Crippen LogP contribution in [0.2, 0.25) is 0 Å². The van der Waals surface area contributed by atoms with E-state index in [1.165, 1.54) is 18.9 Å². The van der Waals surface area contributed by atoms with E-state index in [0.717, 1.165) is 0 Å². The summed E-state index contributed by atoms with van der Waals surface area (Å²) in [4.78, 5) is 0. The van der Waals surface area contributed by atoms with Gasteiger partial charge in [-0.15, -0.1) is 0 Å². The van der Waals surface area contributed by atoms with Crippen LogP contribution in [-0.2, 0) is 0 Å². The van der Waals surface area contributed by atoms with E-state index in [9.17, 15) is 0 Å². The average molecular weight is 124 g/mol. The SMILES string of the molecule is Oc1bccc(O)c1O. The molecule has 1 aromatic heterocycles. The molecule has 4 heteroatoms. The second-order valence-electron chi connectivity index (χ2n) is 1.64. The van der Waals surface area contributed by atoms with Crippen molar-refractivity contribution in [2.75, 3.05) is 0 Å². The van der Waals surface area contributed by atoms with Crippen LogP contribution in [0.4, 0.5) is 0 Å². The van der Waals surface area contributed by atoms with Crippen molar-refractivity contribution in [1.82, 2.24) is 0 Å². The van der Waals surface area contributed by atoms with Gasteiger partial charge in [0.1, 0.15) is 0 Å². The summed E-state index contributed by atoms with van der Waals surface area (Å²) in [5.41, 5.74) is -0.310. The summed E-state index contributed by atoms with van der Waals surface area (Å²) in [6, 6.07) is 1.29. The maximum atomic E-state index is 8.71. The van der Waals surface area contributed by atoms with Crippen molar-refractivity contribution in [3.63, 3.8) is 0 Å². The molecule has 0 aliphatic rings. The molecular formula is C5H5BO3. The third-order valence-electron chi connectivity index (χ3n) is 0.993. The molecule has 0 saturated heterocycles. The molecule has 46 valence electrons. The predicted octanol–water partition coefficient (Wildman–Crippen LogP) is 0.141. The third kappa shape index (κ3) is 0.962. The van der Waals surface area contributed by atoms with Crippen LogP contribution in [0.25, 0.3) is 0 Å². The first-order valence-corrected chi connectivity index (χ1v) is 2.41. The molecule has 0 atom stereocenters. The Morgan fingerprint density at radius 2 is 1.89 bits per heavy atom. The number of hydrogen-bond donors (Lipinski definition) is 3. The topological polar surface area (TPSA) is 60.7 Å². The summed E-state index contributed by atoms with van der Waals surface area (Å²) in [7, 11) is 0. The number of aromatic hydroxyl groups is 3. The van der Waals surface area contributed by atoms with Crippen molar-refractivity contribution >= 4 is 6.91 Å². The summed E-state index contributed by atoms with van der Waals surface area (Å²) >= 11 is 0. The zero-order valence-electron chi connectivity index (χ0n) is 4.57. The molecule has 3 N–H and O–H groups in total. The van der Waals surface area contributed by atoms with Crippen LogP contribution in [0, 0.1) is 0 Å². The zero-order valence-corrected chi connectivity index (χ0v) is 4.57. The fourth-order valence-corrected chi connectivity index (χ4v) is 0.519. The van der Waals surface area contributed by atoms with Crippen molar-refractivity contribution in [3.8, 4) is 17.1 Å². The normalized spacial score (nSPS) is 8.89. The van der Waals surface area contributed by atoms with Crippen LogP contribution >= 0.6 is 0 Å². The first-order chi connectivity index (χ1) is 4.22. The Balaban J connectivity index is 3.25. The predicted molar refractivity (Wildman–Crippen MR) is 32.8 cm³/mol. The van der Waals surface area contributed by atoms with E-state index < -0.39 is 5.75 Å². The van der Waals surface area contributed by atoms with E-state index in [4.69, 9.17) is 15.3 Å². The molecule has 0 bridgehead atoms. The van der Waals surface area contributed by atoms with E-state index in [-0.39, 0.29) is 11.4 Å². The average Bonchev–Trinajstić information content (AvgIpc) is 1.83.